The minimum Gasteiger partial charge on any atom is -0.492 e. The first-order chi connectivity index (χ1) is 13.4. The third-order valence-electron chi connectivity index (χ3n) is 4.30. The summed E-state index contributed by atoms with van der Waals surface area (Å²) in [6, 6.07) is 18.0. The van der Waals surface area contributed by atoms with E-state index in [1.807, 2.05) is 42.5 Å². The number of carbonyl (C=O) groups excluding carboxylic acids is 1. The van der Waals surface area contributed by atoms with Crippen LogP contribution in [-0.2, 0) is 14.8 Å². The van der Waals surface area contributed by atoms with Crippen LogP contribution in [0, 0.1) is 6.92 Å². The van der Waals surface area contributed by atoms with E-state index in [-0.39, 0.29) is 23.6 Å². The zero-order valence-electron chi connectivity index (χ0n) is 15.6. The summed E-state index contributed by atoms with van der Waals surface area (Å²) < 4.78 is 38.2. The van der Waals surface area contributed by atoms with Crippen LogP contribution in [0.4, 0.5) is 0 Å². The fraction of sp³-hybridized carbons (Fsp3) is 0.190. The van der Waals surface area contributed by atoms with Crippen LogP contribution < -0.4 is 9.46 Å². The lowest BCUT2D eigenvalue weighted by Gasteiger charge is -2.12. The van der Waals surface area contributed by atoms with Crippen LogP contribution in [0.15, 0.2) is 65.6 Å². The first-order valence-electron chi connectivity index (χ1n) is 8.71. The van der Waals surface area contributed by atoms with Gasteiger partial charge < -0.3 is 9.47 Å². The Hall–Kier alpha value is -2.90. The number of ether oxygens (including phenoxy) is 2. The molecule has 3 rings (SSSR count). The van der Waals surface area contributed by atoms with E-state index in [4.69, 9.17) is 4.74 Å². The van der Waals surface area contributed by atoms with Crippen molar-refractivity contribution in [3.63, 3.8) is 0 Å². The number of nitrogens with one attached hydrogen (secondary N) is 1. The number of hydrogen-bond donors (Lipinski definition) is 1. The highest BCUT2D eigenvalue weighted by Gasteiger charge is 2.19. The number of aryl methyl sites for hydroxylation is 1. The van der Waals surface area contributed by atoms with E-state index in [0.29, 0.717) is 11.3 Å². The number of esters is 1. The first-order valence-corrected chi connectivity index (χ1v) is 10.2. The molecule has 0 amide bonds. The van der Waals surface area contributed by atoms with Crippen LogP contribution >= 0.6 is 0 Å². The van der Waals surface area contributed by atoms with Gasteiger partial charge in [0.1, 0.15) is 12.4 Å². The molecule has 0 heterocycles. The van der Waals surface area contributed by atoms with Crippen LogP contribution in [0.3, 0.4) is 0 Å². The number of hydrogen-bond acceptors (Lipinski definition) is 5. The minimum absolute atomic E-state index is 0.0422. The van der Waals surface area contributed by atoms with Gasteiger partial charge in [0.05, 0.1) is 17.6 Å². The number of rotatable bonds is 7. The van der Waals surface area contributed by atoms with Crippen molar-refractivity contribution in [3.05, 3.63) is 71.8 Å². The van der Waals surface area contributed by atoms with E-state index >= 15 is 0 Å². The summed E-state index contributed by atoms with van der Waals surface area (Å²) in [5.41, 5.74) is 0.718. The second-order valence-electron chi connectivity index (χ2n) is 6.20. The molecule has 0 saturated heterocycles. The number of fused-ring (bicyclic) bond motifs is 1. The highest BCUT2D eigenvalue weighted by molar-refractivity contribution is 7.89. The zero-order chi connectivity index (χ0) is 20.1. The smallest absolute Gasteiger partial charge is 0.337 e. The molecule has 28 heavy (non-hydrogen) atoms. The fourth-order valence-electron chi connectivity index (χ4n) is 2.87. The second kappa shape index (κ2) is 8.41. The minimum atomic E-state index is -3.79. The summed E-state index contributed by atoms with van der Waals surface area (Å²) in [6.07, 6.45) is 0. The largest absolute Gasteiger partial charge is 0.492 e. The summed E-state index contributed by atoms with van der Waals surface area (Å²) in [4.78, 5) is 11.7. The molecule has 0 aliphatic rings. The number of benzene rings is 3. The molecule has 7 heteroatoms. The van der Waals surface area contributed by atoms with Crippen molar-refractivity contribution in [3.8, 4) is 5.75 Å². The molecule has 0 aromatic heterocycles. The van der Waals surface area contributed by atoms with E-state index in [2.05, 4.69) is 9.46 Å². The van der Waals surface area contributed by atoms with Gasteiger partial charge >= 0.3 is 5.97 Å². The lowest BCUT2D eigenvalue weighted by Crippen LogP contribution is -2.29. The molecule has 0 aliphatic heterocycles. The molecule has 146 valence electrons. The quantitative estimate of drug-likeness (QED) is 0.487. The number of carbonyl (C=O) groups is 1. The molecule has 1 N–H and O–H groups in total. The molecular weight excluding hydrogens is 378 g/mol. The van der Waals surface area contributed by atoms with E-state index in [1.165, 1.54) is 19.2 Å². The Labute approximate surface area is 164 Å². The number of methoxy groups -OCH3 is 1. The fourth-order valence-corrected chi connectivity index (χ4v) is 4.15. The molecule has 0 atom stereocenters. The van der Waals surface area contributed by atoms with Gasteiger partial charge in [-0.2, -0.15) is 0 Å². The van der Waals surface area contributed by atoms with Crippen molar-refractivity contribution < 1.29 is 22.7 Å². The SMILES string of the molecule is COC(=O)c1ccc(C)c(S(=O)(=O)NCCOc2cccc3ccccc23)c1. The maximum absolute atomic E-state index is 12.6. The Bertz CT molecular complexity index is 1100. The van der Waals surface area contributed by atoms with Crippen LogP contribution in [0.25, 0.3) is 10.8 Å². The third-order valence-corrected chi connectivity index (χ3v) is 5.90. The van der Waals surface area contributed by atoms with E-state index < -0.39 is 16.0 Å². The molecule has 0 saturated carbocycles. The molecule has 0 unspecified atom stereocenters. The summed E-state index contributed by atoms with van der Waals surface area (Å²) >= 11 is 0. The predicted octanol–water partition coefficient (Wildman–Crippen LogP) is 3.29. The van der Waals surface area contributed by atoms with E-state index in [1.54, 1.807) is 13.0 Å². The lowest BCUT2D eigenvalue weighted by atomic mass is 10.1. The standard InChI is InChI=1S/C21H21NO5S/c1-15-10-11-17(21(23)26-2)14-20(15)28(24,25)22-12-13-27-19-9-5-7-16-6-3-4-8-18(16)19/h3-11,14,22H,12-13H2,1-2H3. The van der Waals surface area contributed by atoms with Gasteiger partial charge in [0, 0.05) is 11.9 Å². The molecule has 0 fully saturated rings. The summed E-state index contributed by atoms with van der Waals surface area (Å²) in [5, 5.41) is 2.02. The van der Waals surface area contributed by atoms with Crippen LogP contribution in [-0.4, -0.2) is 34.6 Å². The third kappa shape index (κ3) is 4.32. The summed E-state index contributed by atoms with van der Waals surface area (Å²) in [7, 11) is -2.54. The van der Waals surface area contributed by atoms with Gasteiger partial charge in [0.15, 0.2) is 0 Å². The molecule has 0 bridgehead atoms. The Balaban J connectivity index is 1.68. The molecule has 6 nitrogen and oxygen atoms in total. The normalized spacial score (nSPS) is 11.4. The maximum Gasteiger partial charge on any atom is 0.337 e. The van der Waals surface area contributed by atoms with Gasteiger partial charge in [-0.25, -0.2) is 17.9 Å². The maximum atomic E-state index is 12.6. The molecule has 3 aromatic carbocycles. The highest BCUT2D eigenvalue weighted by atomic mass is 32.2. The van der Waals surface area contributed by atoms with E-state index in [0.717, 1.165) is 10.8 Å². The Morgan fingerprint density at radius 3 is 2.57 bits per heavy atom. The molecule has 0 radical (unpaired) electrons. The van der Waals surface area contributed by atoms with Gasteiger partial charge in [-0.1, -0.05) is 42.5 Å². The molecule has 0 aliphatic carbocycles. The van der Waals surface area contributed by atoms with Gasteiger partial charge in [-0.3, -0.25) is 0 Å². The van der Waals surface area contributed by atoms with Gasteiger partial charge in [-0.15, -0.1) is 0 Å². The highest BCUT2D eigenvalue weighted by Crippen LogP contribution is 2.25. The molecule has 0 spiro atoms. The zero-order valence-corrected chi connectivity index (χ0v) is 16.5. The second-order valence-corrected chi connectivity index (χ2v) is 7.93. The van der Waals surface area contributed by atoms with Gasteiger partial charge in [0.2, 0.25) is 10.0 Å². The van der Waals surface area contributed by atoms with E-state index in [9.17, 15) is 13.2 Å². The van der Waals surface area contributed by atoms with Crippen molar-refractivity contribution in [1.29, 1.82) is 0 Å². The van der Waals surface area contributed by atoms with Crippen LogP contribution in [0.2, 0.25) is 0 Å². The van der Waals surface area contributed by atoms with Crippen molar-refractivity contribution in [1.82, 2.24) is 4.72 Å². The first kappa shape index (κ1) is 19.9. The average molecular weight is 399 g/mol. The monoisotopic (exact) mass is 399 g/mol. The summed E-state index contributed by atoms with van der Waals surface area (Å²) in [6.45, 7) is 1.93. The van der Waals surface area contributed by atoms with Crippen molar-refractivity contribution >= 4 is 26.8 Å². The Morgan fingerprint density at radius 2 is 1.79 bits per heavy atom. The summed E-state index contributed by atoms with van der Waals surface area (Å²) in [5.74, 6) is 0.108. The predicted molar refractivity (Wildman–Crippen MR) is 107 cm³/mol. The van der Waals surface area contributed by atoms with Gasteiger partial charge in [-0.05, 0) is 36.1 Å². The Kier molecular flexibility index (Phi) is 5.96. The van der Waals surface area contributed by atoms with Crippen LogP contribution in [0.5, 0.6) is 5.75 Å². The topological polar surface area (TPSA) is 81.7 Å². The van der Waals surface area contributed by atoms with Gasteiger partial charge in [0.25, 0.3) is 0 Å². The molecular formula is C21H21NO5S. The van der Waals surface area contributed by atoms with Crippen molar-refractivity contribution in [2.75, 3.05) is 20.3 Å². The molecule has 3 aromatic rings. The Morgan fingerprint density at radius 1 is 1.04 bits per heavy atom. The van der Waals surface area contributed by atoms with Crippen LogP contribution in [0.1, 0.15) is 15.9 Å². The van der Waals surface area contributed by atoms with Crippen molar-refractivity contribution in [2.45, 2.75) is 11.8 Å². The average Bonchev–Trinajstić information content (AvgIpc) is 2.71. The lowest BCUT2D eigenvalue weighted by molar-refractivity contribution is 0.0600. The number of sulfonamides is 1. The van der Waals surface area contributed by atoms with Crippen molar-refractivity contribution in [2.24, 2.45) is 0 Å².